The molecule has 0 radical (unpaired) electrons. The van der Waals surface area contributed by atoms with Crippen LogP contribution in [0.25, 0.3) is 0 Å². The summed E-state index contributed by atoms with van der Waals surface area (Å²) in [6.07, 6.45) is 3.50. The molecule has 0 aromatic heterocycles. The SMILES string of the molecule is C=C(C)C.CC(C)C1=CCCN1. The number of nitrogens with one attached hydrogen (secondary N) is 1. The van der Waals surface area contributed by atoms with Gasteiger partial charge in [0.1, 0.15) is 0 Å². The van der Waals surface area contributed by atoms with Crippen LogP contribution in [0.4, 0.5) is 0 Å². The van der Waals surface area contributed by atoms with Crippen LogP contribution in [0, 0.1) is 5.92 Å². The predicted molar refractivity (Wildman–Crippen MR) is 56.0 cm³/mol. The van der Waals surface area contributed by atoms with E-state index < -0.39 is 0 Å². The van der Waals surface area contributed by atoms with Crippen LogP contribution in [0.1, 0.15) is 34.1 Å². The van der Waals surface area contributed by atoms with Crippen LogP contribution in [0.5, 0.6) is 0 Å². The van der Waals surface area contributed by atoms with Gasteiger partial charge in [-0.1, -0.05) is 25.5 Å². The van der Waals surface area contributed by atoms with Gasteiger partial charge in [-0.3, -0.25) is 0 Å². The molecule has 0 saturated heterocycles. The standard InChI is InChI=1S/C7H13N.C4H8/c1-6(2)7-4-3-5-8-7;1-4(2)3/h4,6,8H,3,5H2,1-2H3;1H2,2-3H3. The van der Waals surface area contributed by atoms with Crippen molar-refractivity contribution in [2.45, 2.75) is 34.1 Å². The third kappa shape index (κ3) is 6.02. The first-order valence-corrected chi connectivity index (χ1v) is 4.60. The summed E-state index contributed by atoms with van der Waals surface area (Å²) in [7, 11) is 0. The van der Waals surface area contributed by atoms with Gasteiger partial charge in [-0.05, 0) is 26.2 Å². The maximum absolute atomic E-state index is 3.56. The van der Waals surface area contributed by atoms with E-state index in [-0.39, 0.29) is 0 Å². The zero-order chi connectivity index (χ0) is 9.56. The van der Waals surface area contributed by atoms with Crippen molar-refractivity contribution in [3.05, 3.63) is 23.9 Å². The Balaban J connectivity index is 0.000000261. The second-order valence-corrected chi connectivity index (χ2v) is 3.74. The normalized spacial score (nSPS) is 14.6. The summed E-state index contributed by atoms with van der Waals surface area (Å²) in [5.74, 6) is 0.692. The Kier molecular flexibility index (Phi) is 5.52. The molecule has 1 N–H and O–H groups in total. The van der Waals surface area contributed by atoms with E-state index in [1.165, 1.54) is 17.7 Å². The van der Waals surface area contributed by atoms with Gasteiger partial charge in [0, 0.05) is 12.2 Å². The molecular weight excluding hydrogens is 146 g/mol. The predicted octanol–water partition coefficient (Wildman–Crippen LogP) is 3.10. The van der Waals surface area contributed by atoms with Crippen LogP contribution in [-0.4, -0.2) is 6.54 Å². The van der Waals surface area contributed by atoms with Gasteiger partial charge in [-0.15, -0.1) is 6.58 Å². The van der Waals surface area contributed by atoms with E-state index in [2.05, 4.69) is 31.8 Å². The molecular formula is C11H21N. The minimum Gasteiger partial charge on any atom is -0.388 e. The lowest BCUT2D eigenvalue weighted by atomic mass is 10.1. The first-order valence-electron chi connectivity index (χ1n) is 4.60. The fourth-order valence-electron chi connectivity index (χ4n) is 0.956. The van der Waals surface area contributed by atoms with Crippen molar-refractivity contribution in [1.82, 2.24) is 5.32 Å². The van der Waals surface area contributed by atoms with Crippen molar-refractivity contribution in [1.29, 1.82) is 0 Å². The fraction of sp³-hybridized carbons (Fsp3) is 0.636. The summed E-state index contributed by atoms with van der Waals surface area (Å²) in [5.41, 5.74) is 2.59. The van der Waals surface area contributed by atoms with Crippen molar-refractivity contribution in [2.24, 2.45) is 5.92 Å². The minimum atomic E-state index is 0.692. The summed E-state index contributed by atoms with van der Waals surface area (Å²) < 4.78 is 0. The molecule has 1 aliphatic rings. The summed E-state index contributed by atoms with van der Waals surface area (Å²) in [5, 5.41) is 3.32. The molecule has 0 aromatic carbocycles. The molecule has 70 valence electrons. The first kappa shape index (κ1) is 11.3. The number of allylic oxidation sites excluding steroid dienone is 2. The molecule has 0 aliphatic carbocycles. The molecule has 0 fully saturated rings. The van der Waals surface area contributed by atoms with Gasteiger partial charge in [0.15, 0.2) is 0 Å². The second-order valence-electron chi connectivity index (χ2n) is 3.74. The Hall–Kier alpha value is -0.720. The molecule has 1 nitrogen and oxygen atoms in total. The van der Waals surface area contributed by atoms with Gasteiger partial charge in [0.25, 0.3) is 0 Å². The molecule has 0 saturated carbocycles. The minimum absolute atomic E-state index is 0.692. The fourth-order valence-corrected chi connectivity index (χ4v) is 0.956. The van der Waals surface area contributed by atoms with Crippen molar-refractivity contribution in [2.75, 3.05) is 6.54 Å². The Morgan fingerprint density at radius 3 is 2.17 bits per heavy atom. The first-order chi connectivity index (χ1) is 5.54. The van der Waals surface area contributed by atoms with Crippen molar-refractivity contribution >= 4 is 0 Å². The summed E-state index contributed by atoms with van der Waals surface area (Å²) in [6, 6.07) is 0. The second kappa shape index (κ2) is 5.87. The van der Waals surface area contributed by atoms with E-state index in [4.69, 9.17) is 0 Å². The lowest BCUT2D eigenvalue weighted by Gasteiger charge is -2.05. The third-order valence-corrected chi connectivity index (χ3v) is 1.46. The van der Waals surface area contributed by atoms with Crippen molar-refractivity contribution < 1.29 is 0 Å². The highest BCUT2D eigenvalue weighted by molar-refractivity contribution is 5.07. The Morgan fingerprint density at radius 1 is 1.50 bits per heavy atom. The van der Waals surface area contributed by atoms with Crippen molar-refractivity contribution in [3.63, 3.8) is 0 Å². The Morgan fingerprint density at radius 2 is 2.00 bits per heavy atom. The van der Waals surface area contributed by atoms with E-state index in [1.54, 1.807) is 0 Å². The molecule has 1 aliphatic heterocycles. The van der Waals surface area contributed by atoms with E-state index >= 15 is 0 Å². The molecule has 0 aromatic rings. The largest absolute Gasteiger partial charge is 0.388 e. The van der Waals surface area contributed by atoms with Gasteiger partial charge in [-0.2, -0.15) is 0 Å². The lowest BCUT2D eigenvalue weighted by molar-refractivity contribution is 0.692. The summed E-state index contributed by atoms with van der Waals surface area (Å²) in [4.78, 5) is 0. The highest BCUT2D eigenvalue weighted by Crippen LogP contribution is 2.10. The van der Waals surface area contributed by atoms with Crippen molar-refractivity contribution in [3.8, 4) is 0 Å². The smallest absolute Gasteiger partial charge is 0.0179 e. The monoisotopic (exact) mass is 167 g/mol. The van der Waals surface area contributed by atoms with Crippen LogP contribution in [0.15, 0.2) is 23.9 Å². The van der Waals surface area contributed by atoms with Gasteiger partial charge in [0.05, 0.1) is 0 Å². The van der Waals surface area contributed by atoms with Gasteiger partial charge < -0.3 is 5.32 Å². The lowest BCUT2D eigenvalue weighted by Crippen LogP contribution is -2.11. The number of hydrogen-bond donors (Lipinski definition) is 1. The highest BCUT2D eigenvalue weighted by atomic mass is 14.9. The molecule has 0 atom stereocenters. The van der Waals surface area contributed by atoms with Crippen LogP contribution in [0.3, 0.4) is 0 Å². The number of rotatable bonds is 1. The molecule has 1 heterocycles. The third-order valence-electron chi connectivity index (χ3n) is 1.46. The zero-order valence-electron chi connectivity index (χ0n) is 8.78. The zero-order valence-corrected chi connectivity index (χ0v) is 8.78. The van der Waals surface area contributed by atoms with Crippen LogP contribution >= 0.6 is 0 Å². The molecule has 1 heteroatoms. The van der Waals surface area contributed by atoms with E-state index in [9.17, 15) is 0 Å². The molecule has 12 heavy (non-hydrogen) atoms. The molecule has 0 amide bonds. The van der Waals surface area contributed by atoms with E-state index in [1.807, 2.05) is 13.8 Å². The number of hydrogen-bond acceptors (Lipinski definition) is 1. The van der Waals surface area contributed by atoms with Gasteiger partial charge in [-0.25, -0.2) is 0 Å². The Bertz CT molecular complexity index is 162. The highest BCUT2D eigenvalue weighted by Gasteiger charge is 2.05. The maximum Gasteiger partial charge on any atom is 0.0179 e. The molecule has 0 spiro atoms. The average Bonchev–Trinajstić information content (AvgIpc) is 2.34. The summed E-state index contributed by atoms with van der Waals surface area (Å²) in [6.45, 7) is 13.1. The van der Waals surface area contributed by atoms with Crippen LogP contribution in [-0.2, 0) is 0 Å². The topological polar surface area (TPSA) is 12.0 Å². The molecule has 0 bridgehead atoms. The molecule has 0 unspecified atom stereocenters. The van der Waals surface area contributed by atoms with Crippen LogP contribution < -0.4 is 5.32 Å². The quantitative estimate of drug-likeness (QED) is 0.592. The average molecular weight is 167 g/mol. The van der Waals surface area contributed by atoms with Gasteiger partial charge in [0.2, 0.25) is 0 Å². The van der Waals surface area contributed by atoms with E-state index in [0.29, 0.717) is 5.92 Å². The molecule has 1 rings (SSSR count). The van der Waals surface area contributed by atoms with Crippen LogP contribution in [0.2, 0.25) is 0 Å². The van der Waals surface area contributed by atoms with E-state index in [0.717, 1.165) is 6.54 Å². The van der Waals surface area contributed by atoms with Gasteiger partial charge >= 0.3 is 0 Å². The summed E-state index contributed by atoms with van der Waals surface area (Å²) >= 11 is 0. The Labute approximate surface area is 76.6 Å². The maximum atomic E-state index is 3.56.